The lowest BCUT2D eigenvalue weighted by Gasteiger charge is -2.24. The van der Waals surface area contributed by atoms with E-state index in [9.17, 15) is 5.26 Å². The first-order valence-electron chi connectivity index (χ1n) is 10.5. The molecule has 162 valence electrons. The van der Waals surface area contributed by atoms with Crippen molar-refractivity contribution in [1.29, 1.82) is 5.26 Å². The number of furan rings is 1. The Kier molecular flexibility index (Phi) is 6.39. The fraction of sp³-hybridized carbons (Fsp3) is 0.231. The van der Waals surface area contributed by atoms with Crippen LogP contribution >= 0.6 is 0 Å². The largest absolute Gasteiger partial charge is 0.489 e. The van der Waals surface area contributed by atoms with E-state index in [1.54, 1.807) is 0 Å². The van der Waals surface area contributed by atoms with Crippen LogP contribution in [0.5, 0.6) is 5.75 Å². The number of nitrogen functional groups attached to an aromatic ring is 1. The lowest BCUT2D eigenvalue weighted by molar-refractivity contribution is 0.0254. The molecule has 0 bridgehead atoms. The minimum Gasteiger partial charge on any atom is -0.489 e. The highest BCUT2D eigenvalue weighted by molar-refractivity contribution is 5.85. The summed E-state index contributed by atoms with van der Waals surface area (Å²) in [5.41, 5.74) is 10.1. The fourth-order valence-electron chi connectivity index (χ4n) is 3.77. The van der Waals surface area contributed by atoms with E-state index in [2.05, 4.69) is 17.8 Å². The Morgan fingerprint density at radius 2 is 1.94 bits per heavy atom. The van der Waals surface area contributed by atoms with Crippen molar-refractivity contribution in [2.45, 2.75) is 25.9 Å². The van der Waals surface area contributed by atoms with E-state index in [1.807, 2.05) is 61.5 Å². The van der Waals surface area contributed by atoms with Crippen LogP contribution in [0.15, 0.2) is 64.0 Å². The van der Waals surface area contributed by atoms with Crippen molar-refractivity contribution in [3.8, 4) is 23.1 Å². The number of benzene rings is 2. The fourth-order valence-corrected chi connectivity index (χ4v) is 3.77. The third-order valence-corrected chi connectivity index (χ3v) is 5.48. The molecule has 2 heterocycles. The molecule has 0 spiro atoms. The number of hydrogen-bond donors (Lipinski definition) is 1. The Morgan fingerprint density at radius 1 is 1.19 bits per heavy atom. The van der Waals surface area contributed by atoms with E-state index in [1.165, 1.54) is 0 Å². The Bertz CT molecular complexity index is 1180. The van der Waals surface area contributed by atoms with Gasteiger partial charge in [0.05, 0.1) is 18.8 Å². The average Bonchev–Trinajstić information content (AvgIpc) is 3.25. The Hall–Kier alpha value is -3.82. The normalized spacial score (nSPS) is 14.7. The van der Waals surface area contributed by atoms with Gasteiger partial charge < -0.3 is 19.6 Å². The van der Waals surface area contributed by atoms with Gasteiger partial charge in [-0.05, 0) is 55.6 Å². The van der Waals surface area contributed by atoms with Gasteiger partial charge in [0, 0.05) is 35.7 Å². The first kappa shape index (κ1) is 21.4. The summed E-state index contributed by atoms with van der Waals surface area (Å²) < 4.78 is 17.7. The molecule has 0 radical (unpaired) electrons. The lowest BCUT2D eigenvalue weighted by atomic mass is 10.00. The number of nitriles is 1. The summed E-state index contributed by atoms with van der Waals surface area (Å²) in [4.78, 5) is 4.16. The van der Waals surface area contributed by atoms with Crippen LogP contribution in [0.3, 0.4) is 0 Å². The molecule has 1 saturated heterocycles. The Labute approximate surface area is 187 Å². The summed E-state index contributed by atoms with van der Waals surface area (Å²) >= 11 is 0. The molecule has 2 aromatic carbocycles. The molecule has 2 N–H and O–H groups in total. The Balaban J connectivity index is 1.67. The van der Waals surface area contributed by atoms with Gasteiger partial charge in [0.2, 0.25) is 0 Å². The third kappa shape index (κ3) is 4.43. The van der Waals surface area contributed by atoms with Gasteiger partial charge in [-0.15, -0.1) is 0 Å². The van der Waals surface area contributed by atoms with Gasteiger partial charge >= 0.3 is 0 Å². The molecule has 4 rings (SSSR count). The zero-order valence-corrected chi connectivity index (χ0v) is 18.0. The van der Waals surface area contributed by atoms with E-state index < -0.39 is 0 Å². The molecule has 0 unspecified atom stereocenters. The van der Waals surface area contributed by atoms with Gasteiger partial charge in [-0.1, -0.05) is 12.1 Å². The molecule has 6 heteroatoms. The minimum atomic E-state index is 0.0620. The van der Waals surface area contributed by atoms with E-state index in [0.29, 0.717) is 47.4 Å². The van der Waals surface area contributed by atoms with E-state index in [0.717, 1.165) is 29.5 Å². The average molecular weight is 428 g/mol. The van der Waals surface area contributed by atoms with Crippen LogP contribution in [0, 0.1) is 11.3 Å². The molecule has 0 aliphatic carbocycles. The highest BCUT2D eigenvalue weighted by atomic mass is 16.5. The van der Waals surface area contributed by atoms with Gasteiger partial charge in [-0.3, -0.25) is 4.99 Å². The molecule has 1 aliphatic heterocycles. The maximum atomic E-state index is 9.74. The molecule has 32 heavy (non-hydrogen) atoms. The molecule has 1 aliphatic rings. The quantitative estimate of drug-likeness (QED) is 0.400. The molecule has 0 saturated carbocycles. The van der Waals surface area contributed by atoms with E-state index in [-0.39, 0.29) is 6.10 Å². The predicted molar refractivity (Wildman–Crippen MR) is 126 cm³/mol. The van der Waals surface area contributed by atoms with Crippen LogP contribution in [-0.4, -0.2) is 26.0 Å². The van der Waals surface area contributed by atoms with Crippen LogP contribution < -0.4 is 10.5 Å². The molecule has 0 atom stereocenters. The zero-order chi connectivity index (χ0) is 22.5. The summed E-state index contributed by atoms with van der Waals surface area (Å²) in [6.07, 6.45) is 3.64. The molecule has 0 amide bonds. The summed E-state index contributed by atoms with van der Waals surface area (Å²) in [5.74, 6) is 1.85. The predicted octanol–water partition coefficient (Wildman–Crippen LogP) is 5.74. The molecule has 1 fully saturated rings. The summed E-state index contributed by atoms with van der Waals surface area (Å²) in [6.45, 7) is 6.98. The van der Waals surface area contributed by atoms with Crippen molar-refractivity contribution in [3.05, 3.63) is 71.5 Å². The number of aliphatic imine (C=N–C) groups is 1. The number of nitrogens with zero attached hydrogens (tertiary/aromatic N) is 2. The van der Waals surface area contributed by atoms with Crippen molar-refractivity contribution in [2.24, 2.45) is 4.99 Å². The van der Waals surface area contributed by atoms with Crippen molar-refractivity contribution in [1.82, 2.24) is 0 Å². The van der Waals surface area contributed by atoms with Gasteiger partial charge in [-0.2, -0.15) is 5.26 Å². The van der Waals surface area contributed by atoms with E-state index in [4.69, 9.17) is 19.6 Å². The van der Waals surface area contributed by atoms with Gasteiger partial charge in [0.1, 0.15) is 29.4 Å². The number of allylic oxidation sites excluding steroid dienone is 1. The van der Waals surface area contributed by atoms with Crippen LogP contribution in [0.25, 0.3) is 16.9 Å². The standard InChI is InChI=1S/C26H25N3O3/c1-3-22(26-23(29-2)15-25(32-26)17-4-7-20(28)8-5-17)18-6-9-24(19(14-18)16-27)31-21-10-12-30-13-11-21/h3-9,14-15,21H,2,10-13,28H2,1H3/b22-3-. The second kappa shape index (κ2) is 9.54. The maximum absolute atomic E-state index is 9.74. The van der Waals surface area contributed by atoms with Gasteiger partial charge in [-0.25, -0.2) is 0 Å². The van der Waals surface area contributed by atoms with Gasteiger partial charge in [0.25, 0.3) is 0 Å². The molecule has 3 aromatic rings. The minimum absolute atomic E-state index is 0.0620. The summed E-state index contributed by atoms with van der Waals surface area (Å²) in [5, 5.41) is 9.74. The van der Waals surface area contributed by atoms with Crippen LogP contribution in [0.4, 0.5) is 11.4 Å². The molecular formula is C26H25N3O3. The highest BCUT2D eigenvalue weighted by Crippen LogP contribution is 2.39. The third-order valence-electron chi connectivity index (χ3n) is 5.48. The Morgan fingerprint density at radius 3 is 2.59 bits per heavy atom. The van der Waals surface area contributed by atoms with Crippen LogP contribution in [-0.2, 0) is 4.74 Å². The van der Waals surface area contributed by atoms with E-state index >= 15 is 0 Å². The number of ether oxygens (including phenoxy) is 2. The van der Waals surface area contributed by atoms with Crippen molar-refractivity contribution >= 4 is 23.7 Å². The van der Waals surface area contributed by atoms with Crippen LogP contribution in [0.2, 0.25) is 0 Å². The first-order valence-corrected chi connectivity index (χ1v) is 10.5. The SMILES string of the molecule is C=Nc1cc(-c2ccc(N)cc2)oc1/C(=C\C)c1ccc(OC2CCOCC2)c(C#N)c1. The number of anilines is 1. The van der Waals surface area contributed by atoms with Crippen molar-refractivity contribution < 1.29 is 13.9 Å². The van der Waals surface area contributed by atoms with Gasteiger partial charge in [0.15, 0.2) is 5.76 Å². The zero-order valence-electron chi connectivity index (χ0n) is 18.0. The maximum Gasteiger partial charge on any atom is 0.160 e. The smallest absolute Gasteiger partial charge is 0.160 e. The van der Waals surface area contributed by atoms with Crippen molar-refractivity contribution in [3.63, 3.8) is 0 Å². The first-order chi connectivity index (χ1) is 15.6. The topological polar surface area (TPSA) is 93.8 Å². The summed E-state index contributed by atoms with van der Waals surface area (Å²) in [7, 11) is 0. The molecule has 6 nitrogen and oxygen atoms in total. The highest BCUT2D eigenvalue weighted by Gasteiger charge is 2.20. The number of rotatable bonds is 6. The molecule has 1 aromatic heterocycles. The monoisotopic (exact) mass is 427 g/mol. The summed E-state index contributed by atoms with van der Waals surface area (Å²) in [6, 6.07) is 17.2. The second-order valence-corrected chi connectivity index (χ2v) is 7.56. The van der Waals surface area contributed by atoms with Crippen LogP contribution in [0.1, 0.15) is 36.7 Å². The van der Waals surface area contributed by atoms with Crippen molar-refractivity contribution in [2.75, 3.05) is 18.9 Å². The second-order valence-electron chi connectivity index (χ2n) is 7.56. The molecular weight excluding hydrogens is 402 g/mol. The number of hydrogen-bond acceptors (Lipinski definition) is 6. The number of nitrogens with two attached hydrogens (primary N) is 1. The lowest BCUT2D eigenvalue weighted by Crippen LogP contribution is -2.26.